The van der Waals surface area contributed by atoms with Gasteiger partial charge in [0.25, 0.3) is 0 Å². The fraction of sp³-hybridized carbons (Fsp3) is 0.429. The fourth-order valence-electron chi connectivity index (χ4n) is 1.60. The van der Waals surface area contributed by atoms with Gasteiger partial charge in [0, 0.05) is 5.69 Å². The zero-order chi connectivity index (χ0) is 11.1. The van der Waals surface area contributed by atoms with Crippen molar-refractivity contribution >= 4 is 5.69 Å². The minimum atomic E-state index is 0.142. The van der Waals surface area contributed by atoms with Gasteiger partial charge in [0.2, 0.25) is 0 Å². The van der Waals surface area contributed by atoms with Gasteiger partial charge in [0.05, 0.1) is 6.04 Å². The summed E-state index contributed by atoms with van der Waals surface area (Å²) in [6.45, 7) is 4.29. The van der Waals surface area contributed by atoms with Crippen molar-refractivity contribution in [3.05, 3.63) is 29.8 Å². The Labute approximate surface area is 92.9 Å². The number of para-hydroxylation sites is 1. The predicted octanol–water partition coefficient (Wildman–Crippen LogP) is 3.46. The van der Waals surface area contributed by atoms with E-state index in [1.54, 1.807) is 0 Å². The van der Waals surface area contributed by atoms with Crippen molar-refractivity contribution in [2.75, 3.05) is 5.32 Å². The summed E-state index contributed by atoms with van der Waals surface area (Å²) in [7, 11) is 0. The van der Waals surface area contributed by atoms with Gasteiger partial charge in [-0.1, -0.05) is 44.4 Å². The van der Waals surface area contributed by atoms with E-state index in [1.807, 2.05) is 6.07 Å². The minimum absolute atomic E-state index is 0.142. The number of aryl methyl sites for hydroxylation is 1. The van der Waals surface area contributed by atoms with Gasteiger partial charge < -0.3 is 5.32 Å². The van der Waals surface area contributed by atoms with Gasteiger partial charge in [-0.15, -0.1) is 6.42 Å². The van der Waals surface area contributed by atoms with Crippen LogP contribution < -0.4 is 5.32 Å². The standard InChI is InChI=1S/C14H19N/c1-4-9-12-10-7-8-11-14(12)15-13(5-2)6-3/h2,7-8,10-11,13,15H,4,6,9H2,1,3H3. The third kappa shape index (κ3) is 3.32. The third-order valence-corrected chi connectivity index (χ3v) is 2.48. The van der Waals surface area contributed by atoms with E-state index in [-0.39, 0.29) is 6.04 Å². The van der Waals surface area contributed by atoms with Gasteiger partial charge in [-0.3, -0.25) is 0 Å². The summed E-state index contributed by atoms with van der Waals surface area (Å²) in [5, 5.41) is 3.40. The van der Waals surface area contributed by atoms with E-state index in [0.717, 1.165) is 19.3 Å². The summed E-state index contributed by atoms with van der Waals surface area (Å²) in [4.78, 5) is 0. The Hall–Kier alpha value is -1.42. The monoisotopic (exact) mass is 201 g/mol. The maximum absolute atomic E-state index is 5.44. The average Bonchev–Trinajstić information content (AvgIpc) is 2.28. The van der Waals surface area contributed by atoms with Crippen molar-refractivity contribution in [2.24, 2.45) is 0 Å². The Balaban J connectivity index is 2.79. The van der Waals surface area contributed by atoms with Gasteiger partial charge in [0.1, 0.15) is 0 Å². The first-order chi connectivity index (χ1) is 7.31. The SMILES string of the molecule is C#CC(CC)Nc1ccccc1CCC. The summed E-state index contributed by atoms with van der Waals surface area (Å²) < 4.78 is 0. The molecule has 1 aromatic rings. The summed E-state index contributed by atoms with van der Waals surface area (Å²) in [5.41, 5.74) is 2.54. The smallest absolute Gasteiger partial charge is 0.0871 e. The predicted molar refractivity (Wildman–Crippen MR) is 67.0 cm³/mol. The lowest BCUT2D eigenvalue weighted by atomic mass is 10.1. The molecule has 1 unspecified atom stereocenters. The number of terminal acetylenes is 1. The van der Waals surface area contributed by atoms with Crippen molar-refractivity contribution < 1.29 is 0 Å². The lowest BCUT2D eigenvalue weighted by molar-refractivity contribution is 0.848. The zero-order valence-electron chi connectivity index (χ0n) is 9.59. The van der Waals surface area contributed by atoms with E-state index < -0.39 is 0 Å². The molecule has 1 nitrogen and oxygen atoms in total. The molecule has 0 amide bonds. The minimum Gasteiger partial charge on any atom is -0.371 e. The van der Waals surface area contributed by atoms with Crippen molar-refractivity contribution in [3.63, 3.8) is 0 Å². The number of benzene rings is 1. The van der Waals surface area contributed by atoms with E-state index in [9.17, 15) is 0 Å². The molecule has 0 aliphatic carbocycles. The maximum atomic E-state index is 5.44. The van der Waals surface area contributed by atoms with Crippen LogP contribution >= 0.6 is 0 Å². The molecular weight excluding hydrogens is 182 g/mol. The molecule has 0 fully saturated rings. The van der Waals surface area contributed by atoms with Crippen LogP contribution in [0.25, 0.3) is 0 Å². The Morgan fingerprint density at radius 2 is 2.07 bits per heavy atom. The molecule has 0 bridgehead atoms. The van der Waals surface area contributed by atoms with Crippen molar-refractivity contribution in [3.8, 4) is 12.3 Å². The second-order valence-electron chi connectivity index (χ2n) is 3.68. The summed E-state index contributed by atoms with van der Waals surface area (Å²) in [5.74, 6) is 2.76. The van der Waals surface area contributed by atoms with Gasteiger partial charge >= 0.3 is 0 Å². The van der Waals surface area contributed by atoms with Gasteiger partial charge in [-0.25, -0.2) is 0 Å². The quantitative estimate of drug-likeness (QED) is 0.719. The lowest BCUT2D eigenvalue weighted by Crippen LogP contribution is -2.16. The van der Waals surface area contributed by atoms with Crippen molar-refractivity contribution in [1.82, 2.24) is 0 Å². The molecule has 0 aliphatic rings. The molecule has 0 spiro atoms. The number of anilines is 1. The molecule has 1 rings (SSSR count). The van der Waals surface area contributed by atoms with Crippen LogP contribution in [0.4, 0.5) is 5.69 Å². The first-order valence-corrected chi connectivity index (χ1v) is 5.62. The Morgan fingerprint density at radius 1 is 1.33 bits per heavy atom. The van der Waals surface area contributed by atoms with E-state index in [0.29, 0.717) is 0 Å². The van der Waals surface area contributed by atoms with Crippen LogP contribution in [0.5, 0.6) is 0 Å². The molecule has 1 atom stereocenters. The van der Waals surface area contributed by atoms with Crippen LogP contribution in [0.15, 0.2) is 24.3 Å². The van der Waals surface area contributed by atoms with E-state index >= 15 is 0 Å². The van der Waals surface area contributed by atoms with Gasteiger partial charge in [-0.2, -0.15) is 0 Å². The number of hydrogen-bond donors (Lipinski definition) is 1. The van der Waals surface area contributed by atoms with Crippen LogP contribution in [0.1, 0.15) is 32.3 Å². The highest BCUT2D eigenvalue weighted by atomic mass is 14.9. The highest BCUT2D eigenvalue weighted by Crippen LogP contribution is 2.18. The number of rotatable bonds is 5. The number of hydrogen-bond acceptors (Lipinski definition) is 1. The molecule has 1 N–H and O–H groups in total. The average molecular weight is 201 g/mol. The second kappa shape index (κ2) is 6.14. The molecule has 80 valence electrons. The van der Waals surface area contributed by atoms with Gasteiger partial charge in [0.15, 0.2) is 0 Å². The molecule has 1 aromatic carbocycles. The molecule has 1 heteroatoms. The lowest BCUT2D eigenvalue weighted by Gasteiger charge is -2.15. The van der Waals surface area contributed by atoms with Crippen LogP contribution in [-0.2, 0) is 6.42 Å². The highest BCUT2D eigenvalue weighted by Gasteiger charge is 2.04. The summed E-state index contributed by atoms with van der Waals surface area (Å²) in [6.07, 6.45) is 8.66. The fourth-order valence-corrected chi connectivity index (χ4v) is 1.60. The van der Waals surface area contributed by atoms with E-state index in [4.69, 9.17) is 6.42 Å². The molecule has 0 heterocycles. The van der Waals surface area contributed by atoms with Gasteiger partial charge in [-0.05, 0) is 24.5 Å². The second-order valence-corrected chi connectivity index (χ2v) is 3.68. The highest BCUT2D eigenvalue weighted by molar-refractivity contribution is 5.52. The molecule has 0 aliphatic heterocycles. The first kappa shape index (κ1) is 11.7. The molecule has 15 heavy (non-hydrogen) atoms. The molecular formula is C14H19N. The third-order valence-electron chi connectivity index (χ3n) is 2.48. The molecule has 0 saturated heterocycles. The van der Waals surface area contributed by atoms with Crippen molar-refractivity contribution in [1.29, 1.82) is 0 Å². The van der Waals surface area contributed by atoms with E-state index in [1.165, 1.54) is 11.3 Å². The number of nitrogens with one attached hydrogen (secondary N) is 1. The Bertz CT molecular complexity index is 335. The Kier molecular flexibility index (Phi) is 4.77. The maximum Gasteiger partial charge on any atom is 0.0871 e. The van der Waals surface area contributed by atoms with Crippen LogP contribution in [0.3, 0.4) is 0 Å². The van der Waals surface area contributed by atoms with E-state index in [2.05, 4.69) is 43.3 Å². The van der Waals surface area contributed by atoms with Crippen LogP contribution in [-0.4, -0.2) is 6.04 Å². The van der Waals surface area contributed by atoms with Crippen molar-refractivity contribution in [2.45, 2.75) is 39.2 Å². The van der Waals surface area contributed by atoms with Crippen LogP contribution in [0.2, 0.25) is 0 Å². The molecule has 0 radical (unpaired) electrons. The zero-order valence-corrected chi connectivity index (χ0v) is 9.59. The normalized spacial score (nSPS) is 11.8. The Morgan fingerprint density at radius 3 is 2.67 bits per heavy atom. The first-order valence-electron chi connectivity index (χ1n) is 5.62. The summed E-state index contributed by atoms with van der Waals surface area (Å²) >= 11 is 0. The topological polar surface area (TPSA) is 12.0 Å². The largest absolute Gasteiger partial charge is 0.371 e. The molecule has 0 saturated carbocycles. The molecule has 0 aromatic heterocycles. The van der Waals surface area contributed by atoms with Crippen LogP contribution in [0, 0.1) is 12.3 Å². The summed E-state index contributed by atoms with van der Waals surface area (Å²) in [6, 6.07) is 8.53.